The Balaban J connectivity index is 1.55. The summed E-state index contributed by atoms with van der Waals surface area (Å²) in [5.41, 5.74) is 5.34. The lowest BCUT2D eigenvalue weighted by Crippen LogP contribution is -2.12. The highest BCUT2D eigenvalue weighted by molar-refractivity contribution is 7.85. The standard InChI is InChI=1S/C28H23ClN4O3S/c1-17-12-19(13-26(29)30-17)23-15-24-25(34)14-21(16-37(35)33-20-8-10-22(36-2)11-9-20)31-28(24)32-27(23)18-6-4-3-5-7-18/h3-15,33H,16H2,1-2H3,(H,31,32,34). The van der Waals surface area contributed by atoms with Gasteiger partial charge in [-0.1, -0.05) is 41.9 Å². The second-order valence-corrected chi connectivity index (χ2v) is 10.0. The third kappa shape index (κ3) is 5.55. The van der Waals surface area contributed by atoms with E-state index in [0.717, 1.165) is 22.4 Å². The molecule has 0 aliphatic rings. The van der Waals surface area contributed by atoms with Crippen LogP contribution in [-0.4, -0.2) is 26.3 Å². The van der Waals surface area contributed by atoms with Gasteiger partial charge in [0.1, 0.15) is 27.5 Å². The quantitative estimate of drug-likeness (QED) is 0.255. The van der Waals surface area contributed by atoms with E-state index in [-0.39, 0.29) is 11.2 Å². The molecular weight excluding hydrogens is 508 g/mol. The van der Waals surface area contributed by atoms with Crippen molar-refractivity contribution >= 4 is 39.3 Å². The minimum atomic E-state index is -1.47. The molecule has 5 aromatic rings. The van der Waals surface area contributed by atoms with Crippen LogP contribution in [0.2, 0.25) is 5.15 Å². The number of nitrogens with one attached hydrogen (secondary N) is 2. The highest BCUT2D eigenvalue weighted by Crippen LogP contribution is 2.33. The molecule has 0 bridgehead atoms. The third-order valence-electron chi connectivity index (χ3n) is 5.76. The summed E-state index contributed by atoms with van der Waals surface area (Å²) < 4.78 is 20.9. The number of H-pyrrole nitrogens is 1. The van der Waals surface area contributed by atoms with E-state index >= 15 is 0 Å². The second kappa shape index (κ2) is 10.5. The average molecular weight is 531 g/mol. The van der Waals surface area contributed by atoms with Crippen molar-refractivity contribution in [1.82, 2.24) is 15.0 Å². The van der Waals surface area contributed by atoms with Gasteiger partial charge in [0.25, 0.3) is 0 Å². The van der Waals surface area contributed by atoms with Crippen molar-refractivity contribution in [3.8, 4) is 28.1 Å². The molecule has 186 valence electrons. The maximum atomic E-state index is 13.1. The Morgan fingerprint density at radius 3 is 2.43 bits per heavy atom. The summed E-state index contributed by atoms with van der Waals surface area (Å²) in [5, 5.41) is 0.795. The second-order valence-electron chi connectivity index (χ2n) is 8.45. The molecule has 1 atom stereocenters. The highest BCUT2D eigenvalue weighted by atomic mass is 35.5. The predicted molar refractivity (Wildman–Crippen MR) is 149 cm³/mol. The van der Waals surface area contributed by atoms with Crippen LogP contribution in [0.5, 0.6) is 5.75 Å². The summed E-state index contributed by atoms with van der Waals surface area (Å²) in [4.78, 5) is 25.5. The van der Waals surface area contributed by atoms with Crippen LogP contribution in [0.1, 0.15) is 11.4 Å². The Labute approximate surface area is 221 Å². The van der Waals surface area contributed by atoms with Gasteiger partial charge in [0, 0.05) is 34.3 Å². The maximum Gasteiger partial charge on any atom is 0.191 e. The van der Waals surface area contributed by atoms with Crippen LogP contribution in [-0.2, 0) is 16.7 Å². The smallest absolute Gasteiger partial charge is 0.191 e. The highest BCUT2D eigenvalue weighted by Gasteiger charge is 2.16. The van der Waals surface area contributed by atoms with Gasteiger partial charge in [-0.05, 0) is 55.0 Å². The van der Waals surface area contributed by atoms with E-state index < -0.39 is 11.0 Å². The van der Waals surface area contributed by atoms with Crippen molar-refractivity contribution in [2.75, 3.05) is 11.8 Å². The zero-order valence-corrected chi connectivity index (χ0v) is 21.7. The third-order valence-corrected chi connectivity index (χ3v) is 6.99. The van der Waals surface area contributed by atoms with Crippen molar-refractivity contribution in [2.45, 2.75) is 12.7 Å². The molecule has 9 heteroatoms. The van der Waals surface area contributed by atoms with E-state index in [9.17, 15) is 9.00 Å². The molecule has 3 aromatic heterocycles. The molecule has 7 nitrogen and oxygen atoms in total. The Morgan fingerprint density at radius 1 is 0.973 bits per heavy atom. The average Bonchev–Trinajstić information content (AvgIpc) is 2.88. The largest absolute Gasteiger partial charge is 0.497 e. The van der Waals surface area contributed by atoms with Crippen LogP contribution in [0.3, 0.4) is 0 Å². The number of aryl methyl sites for hydroxylation is 1. The number of aromatic amines is 1. The van der Waals surface area contributed by atoms with Gasteiger partial charge in [0.05, 0.1) is 23.9 Å². The molecule has 0 aliphatic carbocycles. The topological polar surface area (TPSA) is 97.0 Å². The number of rotatable bonds is 7. The van der Waals surface area contributed by atoms with Gasteiger partial charge >= 0.3 is 0 Å². The molecule has 2 N–H and O–H groups in total. The first-order valence-corrected chi connectivity index (χ1v) is 13.2. The lowest BCUT2D eigenvalue weighted by molar-refractivity contribution is 0.415. The molecule has 0 amide bonds. The van der Waals surface area contributed by atoms with Crippen LogP contribution >= 0.6 is 11.6 Å². The first-order chi connectivity index (χ1) is 17.9. The summed E-state index contributed by atoms with van der Waals surface area (Å²) >= 11 is 6.25. The van der Waals surface area contributed by atoms with Crippen molar-refractivity contribution in [2.24, 2.45) is 0 Å². The molecule has 0 fully saturated rings. The van der Waals surface area contributed by atoms with Crippen LogP contribution in [0, 0.1) is 6.92 Å². The van der Waals surface area contributed by atoms with Gasteiger partial charge in [-0.2, -0.15) is 0 Å². The molecule has 0 saturated heterocycles. The number of hydrogen-bond acceptors (Lipinski definition) is 5. The Hall–Kier alpha value is -4.01. The molecule has 2 aromatic carbocycles. The summed E-state index contributed by atoms with van der Waals surface area (Å²) in [5.74, 6) is 0.805. The van der Waals surface area contributed by atoms with Crippen molar-refractivity contribution in [3.63, 3.8) is 0 Å². The van der Waals surface area contributed by atoms with Gasteiger partial charge in [-0.25, -0.2) is 14.2 Å². The number of ether oxygens (including phenoxy) is 1. The molecule has 0 spiro atoms. The number of methoxy groups -OCH3 is 1. The molecule has 0 saturated carbocycles. The number of fused-ring (bicyclic) bond motifs is 1. The van der Waals surface area contributed by atoms with E-state index in [4.69, 9.17) is 21.3 Å². The van der Waals surface area contributed by atoms with Gasteiger partial charge in [0.2, 0.25) is 0 Å². The molecule has 37 heavy (non-hydrogen) atoms. The summed E-state index contributed by atoms with van der Waals surface area (Å²) in [6, 6.07) is 23.8. The van der Waals surface area contributed by atoms with Crippen molar-refractivity contribution < 1.29 is 8.95 Å². The van der Waals surface area contributed by atoms with E-state index in [1.54, 1.807) is 37.4 Å². The van der Waals surface area contributed by atoms with Crippen LogP contribution < -0.4 is 14.9 Å². The Kier molecular flexibility index (Phi) is 7.03. The van der Waals surface area contributed by atoms with Gasteiger partial charge in [0.15, 0.2) is 5.43 Å². The monoisotopic (exact) mass is 530 g/mol. The van der Waals surface area contributed by atoms with E-state index in [2.05, 4.69) is 14.7 Å². The lowest BCUT2D eigenvalue weighted by atomic mass is 9.98. The van der Waals surface area contributed by atoms with Crippen molar-refractivity contribution in [3.05, 3.63) is 106 Å². The fourth-order valence-corrected chi connectivity index (χ4v) is 5.25. The number of benzene rings is 2. The zero-order valence-electron chi connectivity index (χ0n) is 20.1. The fraction of sp³-hybridized carbons (Fsp3) is 0.107. The number of halogens is 1. The van der Waals surface area contributed by atoms with E-state index in [1.165, 1.54) is 6.07 Å². The zero-order chi connectivity index (χ0) is 25.9. The molecule has 5 rings (SSSR count). The lowest BCUT2D eigenvalue weighted by Gasteiger charge is -2.13. The van der Waals surface area contributed by atoms with E-state index in [0.29, 0.717) is 39.0 Å². The first-order valence-electron chi connectivity index (χ1n) is 11.5. The summed E-state index contributed by atoms with van der Waals surface area (Å²) in [6.45, 7) is 1.87. The van der Waals surface area contributed by atoms with Crippen LogP contribution in [0.15, 0.2) is 83.7 Å². The van der Waals surface area contributed by atoms with E-state index in [1.807, 2.05) is 49.4 Å². The molecular formula is C28H23ClN4O3S. The maximum absolute atomic E-state index is 13.1. The molecule has 1 unspecified atom stereocenters. The van der Waals surface area contributed by atoms with Crippen molar-refractivity contribution in [1.29, 1.82) is 0 Å². The minimum Gasteiger partial charge on any atom is -0.497 e. The number of anilines is 1. The minimum absolute atomic E-state index is 0.0977. The summed E-state index contributed by atoms with van der Waals surface area (Å²) in [7, 11) is 0.115. The van der Waals surface area contributed by atoms with Crippen LogP contribution in [0.25, 0.3) is 33.4 Å². The predicted octanol–water partition coefficient (Wildman–Crippen LogP) is 5.90. The Bertz CT molecular complexity index is 1650. The fourth-order valence-electron chi connectivity index (χ4n) is 4.09. The van der Waals surface area contributed by atoms with Crippen LogP contribution in [0.4, 0.5) is 5.69 Å². The normalized spacial score (nSPS) is 11.9. The molecule has 0 aliphatic heterocycles. The SMILES string of the molecule is COc1ccc(NS(=O)Cc2cc(=O)c3cc(-c4cc(C)nc(Cl)c4)c(-c4ccccc4)nc3[nH]2)cc1. The first kappa shape index (κ1) is 24.7. The Morgan fingerprint density at radius 2 is 1.73 bits per heavy atom. The number of aromatic nitrogens is 3. The molecule has 0 radical (unpaired) electrons. The summed E-state index contributed by atoms with van der Waals surface area (Å²) in [6.07, 6.45) is 0. The number of pyridine rings is 3. The number of nitrogens with zero attached hydrogens (tertiary/aromatic N) is 2. The molecule has 3 heterocycles. The number of hydrogen-bond donors (Lipinski definition) is 2. The van der Waals surface area contributed by atoms with Gasteiger partial charge in [-0.3, -0.25) is 4.79 Å². The van der Waals surface area contributed by atoms with Gasteiger partial charge < -0.3 is 14.4 Å². The van der Waals surface area contributed by atoms with Gasteiger partial charge in [-0.15, -0.1) is 0 Å².